The van der Waals surface area contributed by atoms with Crippen molar-refractivity contribution in [3.05, 3.63) is 29.3 Å². The third kappa shape index (κ3) is 4.71. The summed E-state index contributed by atoms with van der Waals surface area (Å²) in [6.07, 6.45) is 0.766. The van der Waals surface area contributed by atoms with Crippen molar-refractivity contribution in [2.24, 2.45) is 0 Å². The molecule has 2 rings (SSSR count). The second-order valence-electron chi connectivity index (χ2n) is 6.07. The van der Waals surface area contributed by atoms with Crippen molar-refractivity contribution < 1.29 is 14.4 Å². The lowest BCUT2D eigenvalue weighted by Gasteiger charge is -2.21. The minimum Gasteiger partial charge on any atom is -0.352 e. The molecule has 0 spiro atoms. The lowest BCUT2D eigenvalue weighted by Crippen LogP contribution is -2.41. The number of likely N-dealkylation sites (N-methyl/N-ethyl adjacent to an activating group) is 1. The summed E-state index contributed by atoms with van der Waals surface area (Å²) >= 11 is 0. The number of amides is 4. The van der Waals surface area contributed by atoms with Gasteiger partial charge in [-0.25, -0.2) is 4.79 Å². The molecule has 0 radical (unpaired) electrons. The molecule has 4 amide bonds. The first-order chi connectivity index (χ1) is 12.0. The summed E-state index contributed by atoms with van der Waals surface area (Å²) in [5, 5.41) is 5.59. The van der Waals surface area contributed by atoms with E-state index >= 15 is 0 Å². The molecule has 1 heterocycles. The molecule has 25 heavy (non-hydrogen) atoms. The van der Waals surface area contributed by atoms with E-state index < -0.39 is 0 Å². The SMILES string of the molecule is CCNC(=O)c1ccc(NC(=O)N2CCCN(CC)C(=O)C2)c(C)c1. The van der Waals surface area contributed by atoms with E-state index in [9.17, 15) is 14.4 Å². The number of urea groups is 1. The van der Waals surface area contributed by atoms with Gasteiger partial charge in [0.1, 0.15) is 6.54 Å². The predicted molar refractivity (Wildman–Crippen MR) is 96.6 cm³/mol. The van der Waals surface area contributed by atoms with Gasteiger partial charge in [0.25, 0.3) is 5.91 Å². The summed E-state index contributed by atoms with van der Waals surface area (Å²) in [6, 6.07) is 4.85. The minimum atomic E-state index is -0.292. The number of carbonyl (C=O) groups excluding carboxylic acids is 3. The lowest BCUT2D eigenvalue weighted by atomic mass is 10.1. The van der Waals surface area contributed by atoms with Crippen LogP contribution < -0.4 is 10.6 Å². The van der Waals surface area contributed by atoms with E-state index in [4.69, 9.17) is 0 Å². The van der Waals surface area contributed by atoms with Crippen LogP contribution >= 0.6 is 0 Å². The fourth-order valence-electron chi connectivity index (χ4n) is 2.83. The van der Waals surface area contributed by atoms with E-state index in [1.165, 1.54) is 4.90 Å². The highest BCUT2D eigenvalue weighted by molar-refractivity contribution is 5.97. The van der Waals surface area contributed by atoms with Gasteiger partial charge < -0.3 is 20.4 Å². The maximum atomic E-state index is 12.5. The van der Waals surface area contributed by atoms with Crippen LogP contribution in [0.5, 0.6) is 0 Å². The Balaban J connectivity index is 2.05. The molecule has 1 aromatic carbocycles. The van der Waals surface area contributed by atoms with Gasteiger partial charge in [0.15, 0.2) is 0 Å². The van der Waals surface area contributed by atoms with Gasteiger partial charge in [-0.05, 0) is 51.0 Å². The van der Waals surface area contributed by atoms with Crippen molar-refractivity contribution in [1.82, 2.24) is 15.1 Å². The number of benzene rings is 1. The molecule has 1 aliphatic heterocycles. The summed E-state index contributed by atoms with van der Waals surface area (Å²) in [5.74, 6) is -0.167. The van der Waals surface area contributed by atoms with E-state index in [0.29, 0.717) is 37.4 Å². The third-order valence-corrected chi connectivity index (χ3v) is 4.27. The van der Waals surface area contributed by atoms with Crippen LogP contribution in [0.2, 0.25) is 0 Å². The molecule has 7 nitrogen and oxygen atoms in total. The Morgan fingerprint density at radius 2 is 1.96 bits per heavy atom. The molecule has 2 N–H and O–H groups in total. The molecule has 0 aromatic heterocycles. The van der Waals surface area contributed by atoms with Crippen LogP contribution in [-0.2, 0) is 4.79 Å². The molecule has 0 atom stereocenters. The number of nitrogens with zero attached hydrogens (tertiary/aromatic N) is 2. The summed E-state index contributed by atoms with van der Waals surface area (Å²) in [5.41, 5.74) is 2.00. The highest BCUT2D eigenvalue weighted by Gasteiger charge is 2.24. The van der Waals surface area contributed by atoms with Crippen molar-refractivity contribution in [2.75, 3.05) is 38.0 Å². The number of aryl methyl sites for hydroxylation is 1. The van der Waals surface area contributed by atoms with E-state index in [2.05, 4.69) is 10.6 Å². The average molecular weight is 346 g/mol. The van der Waals surface area contributed by atoms with E-state index in [-0.39, 0.29) is 24.4 Å². The fourth-order valence-corrected chi connectivity index (χ4v) is 2.83. The first-order valence-electron chi connectivity index (χ1n) is 8.68. The van der Waals surface area contributed by atoms with Gasteiger partial charge in [-0.1, -0.05) is 0 Å². The van der Waals surface area contributed by atoms with Crippen molar-refractivity contribution in [1.29, 1.82) is 0 Å². The Morgan fingerprint density at radius 3 is 2.60 bits per heavy atom. The van der Waals surface area contributed by atoms with Gasteiger partial charge >= 0.3 is 6.03 Å². The van der Waals surface area contributed by atoms with E-state index in [1.54, 1.807) is 23.1 Å². The van der Waals surface area contributed by atoms with E-state index in [1.807, 2.05) is 20.8 Å². The quantitative estimate of drug-likeness (QED) is 0.873. The zero-order valence-corrected chi connectivity index (χ0v) is 15.1. The number of hydrogen-bond acceptors (Lipinski definition) is 3. The highest BCUT2D eigenvalue weighted by atomic mass is 16.2. The van der Waals surface area contributed by atoms with Crippen LogP contribution in [0.3, 0.4) is 0 Å². The summed E-state index contributed by atoms with van der Waals surface area (Å²) < 4.78 is 0. The van der Waals surface area contributed by atoms with Gasteiger partial charge in [0.2, 0.25) is 5.91 Å². The van der Waals surface area contributed by atoms with Crippen LogP contribution in [0.4, 0.5) is 10.5 Å². The Morgan fingerprint density at radius 1 is 1.20 bits per heavy atom. The molecule has 0 bridgehead atoms. The van der Waals surface area contributed by atoms with E-state index in [0.717, 1.165) is 12.0 Å². The van der Waals surface area contributed by atoms with Crippen molar-refractivity contribution in [3.63, 3.8) is 0 Å². The molecule has 1 fully saturated rings. The maximum Gasteiger partial charge on any atom is 0.322 e. The second-order valence-corrected chi connectivity index (χ2v) is 6.07. The Hall–Kier alpha value is -2.57. The molecule has 1 aliphatic rings. The van der Waals surface area contributed by atoms with Gasteiger partial charge in [-0.3, -0.25) is 9.59 Å². The summed E-state index contributed by atoms with van der Waals surface area (Å²) in [7, 11) is 0. The number of nitrogens with one attached hydrogen (secondary N) is 2. The molecule has 7 heteroatoms. The Labute approximate surface area is 148 Å². The molecular formula is C18H26N4O3. The smallest absolute Gasteiger partial charge is 0.322 e. The number of rotatable bonds is 4. The van der Waals surface area contributed by atoms with Gasteiger partial charge in [0.05, 0.1) is 0 Å². The monoisotopic (exact) mass is 346 g/mol. The number of hydrogen-bond donors (Lipinski definition) is 2. The zero-order chi connectivity index (χ0) is 18.4. The molecule has 1 saturated heterocycles. The molecule has 0 saturated carbocycles. The van der Waals surface area contributed by atoms with Crippen LogP contribution in [0.25, 0.3) is 0 Å². The molecule has 136 valence electrons. The number of anilines is 1. The largest absolute Gasteiger partial charge is 0.352 e. The number of carbonyl (C=O) groups is 3. The molecule has 0 unspecified atom stereocenters. The van der Waals surface area contributed by atoms with Crippen LogP contribution in [0.15, 0.2) is 18.2 Å². The molecule has 0 aliphatic carbocycles. The first kappa shape index (κ1) is 18.8. The van der Waals surface area contributed by atoms with Crippen molar-refractivity contribution in [3.8, 4) is 0 Å². The normalized spacial score (nSPS) is 14.9. The fraction of sp³-hybridized carbons (Fsp3) is 0.500. The maximum absolute atomic E-state index is 12.5. The van der Waals surface area contributed by atoms with Crippen LogP contribution in [0, 0.1) is 6.92 Å². The zero-order valence-electron chi connectivity index (χ0n) is 15.1. The van der Waals surface area contributed by atoms with Gasteiger partial charge in [-0.2, -0.15) is 0 Å². The summed E-state index contributed by atoms with van der Waals surface area (Å²) in [6.45, 7) is 8.18. The topological polar surface area (TPSA) is 81.8 Å². The average Bonchev–Trinajstić information content (AvgIpc) is 2.78. The Kier molecular flexibility index (Phi) is 6.38. The second kappa shape index (κ2) is 8.50. The van der Waals surface area contributed by atoms with Crippen LogP contribution in [-0.4, -0.2) is 60.4 Å². The van der Waals surface area contributed by atoms with Crippen molar-refractivity contribution >= 4 is 23.5 Å². The summed E-state index contributed by atoms with van der Waals surface area (Å²) in [4.78, 5) is 39.8. The van der Waals surface area contributed by atoms with Gasteiger partial charge in [0, 0.05) is 37.4 Å². The van der Waals surface area contributed by atoms with Crippen LogP contribution in [0.1, 0.15) is 36.2 Å². The third-order valence-electron chi connectivity index (χ3n) is 4.27. The standard InChI is InChI=1S/C18H26N4O3/c1-4-19-17(24)14-7-8-15(13(3)11-14)20-18(25)22-10-6-9-21(5-2)16(23)12-22/h7-8,11H,4-6,9-10,12H2,1-3H3,(H,19,24)(H,20,25). The lowest BCUT2D eigenvalue weighted by molar-refractivity contribution is -0.130. The van der Waals surface area contributed by atoms with Gasteiger partial charge in [-0.15, -0.1) is 0 Å². The first-order valence-corrected chi connectivity index (χ1v) is 8.68. The molecular weight excluding hydrogens is 320 g/mol. The highest BCUT2D eigenvalue weighted by Crippen LogP contribution is 2.18. The molecule has 1 aromatic rings. The minimum absolute atomic E-state index is 0.0292. The van der Waals surface area contributed by atoms with Crippen molar-refractivity contribution in [2.45, 2.75) is 27.2 Å². The predicted octanol–water partition coefficient (Wildman–Crippen LogP) is 1.83. The Bertz CT molecular complexity index is 660.